The summed E-state index contributed by atoms with van der Waals surface area (Å²) in [5.41, 5.74) is 1.04. The maximum absolute atomic E-state index is 12.4. The van der Waals surface area contributed by atoms with Crippen LogP contribution in [0.25, 0.3) is 0 Å². The average molecular weight is 313 g/mol. The molecule has 0 aliphatic rings. The Morgan fingerprint density at radius 2 is 1.65 bits per heavy atom. The minimum Gasteiger partial charge on any atom is -0.508 e. The molecule has 0 radical (unpaired) electrons. The number of benzene rings is 2. The molecule has 0 atom stereocenters. The van der Waals surface area contributed by atoms with Gasteiger partial charge in [-0.05, 0) is 50.2 Å². The number of amides is 1. The van der Waals surface area contributed by atoms with E-state index in [-0.39, 0.29) is 29.9 Å². The van der Waals surface area contributed by atoms with Gasteiger partial charge in [0.2, 0.25) is 0 Å². The Bertz CT molecular complexity index is 665. The zero-order valence-electron chi connectivity index (χ0n) is 13.1. The van der Waals surface area contributed by atoms with Gasteiger partial charge in [-0.25, -0.2) is 4.79 Å². The molecule has 5 nitrogen and oxygen atoms in total. The van der Waals surface area contributed by atoms with Gasteiger partial charge in [-0.3, -0.25) is 4.79 Å². The molecule has 2 aromatic rings. The second kappa shape index (κ2) is 7.45. The number of phenolic OH excluding ortho intramolecular Hbond substituents is 1. The van der Waals surface area contributed by atoms with Gasteiger partial charge >= 0.3 is 5.97 Å². The number of anilines is 1. The Balaban J connectivity index is 2.02. The highest BCUT2D eigenvalue weighted by atomic mass is 16.5. The van der Waals surface area contributed by atoms with E-state index < -0.39 is 5.97 Å². The third-order valence-corrected chi connectivity index (χ3v) is 3.25. The van der Waals surface area contributed by atoms with Gasteiger partial charge < -0.3 is 14.7 Å². The van der Waals surface area contributed by atoms with Crippen LogP contribution in [0.15, 0.2) is 54.6 Å². The molecular formula is C18H19NO4. The number of ether oxygens (including phenoxy) is 1. The Kier molecular flexibility index (Phi) is 5.36. The number of hydrogen-bond acceptors (Lipinski definition) is 4. The molecule has 120 valence electrons. The first-order chi connectivity index (χ1) is 11.0. The number of carbonyl (C=O) groups excluding carboxylic acids is 2. The molecular weight excluding hydrogens is 294 g/mol. The van der Waals surface area contributed by atoms with E-state index in [0.29, 0.717) is 0 Å². The van der Waals surface area contributed by atoms with Crippen molar-refractivity contribution in [2.75, 3.05) is 11.5 Å². The van der Waals surface area contributed by atoms with E-state index in [9.17, 15) is 14.7 Å². The fraction of sp³-hybridized carbons (Fsp3) is 0.222. The van der Waals surface area contributed by atoms with Gasteiger partial charge in [0.25, 0.3) is 5.91 Å². The number of aromatic hydroxyl groups is 1. The summed E-state index contributed by atoms with van der Waals surface area (Å²) in [6.45, 7) is 3.45. The zero-order valence-corrected chi connectivity index (χ0v) is 13.1. The second-order valence-electron chi connectivity index (χ2n) is 5.32. The third kappa shape index (κ3) is 4.32. The van der Waals surface area contributed by atoms with Crippen LogP contribution in [0, 0.1) is 0 Å². The van der Waals surface area contributed by atoms with E-state index in [4.69, 9.17) is 4.74 Å². The molecule has 0 saturated heterocycles. The summed E-state index contributed by atoms with van der Waals surface area (Å²) in [4.78, 5) is 25.9. The predicted molar refractivity (Wildman–Crippen MR) is 87.5 cm³/mol. The van der Waals surface area contributed by atoms with E-state index >= 15 is 0 Å². The Hall–Kier alpha value is -2.82. The number of nitrogens with zero attached hydrogens (tertiary/aromatic N) is 1. The molecule has 0 spiro atoms. The number of rotatable bonds is 5. The molecule has 0 unspecified atom stereocenters. The molecule has 23 heavy (non-hydrogen) atoms. The van der Waals surface area contributed by atoms with Crippen molar-refractivity contribution in [3.05, 3.63) is 60.2 Å². The highest BCUT2D eigenvalue weighted by molar-refractivity contribution is 5.97. The number of phenols is 1. The summed E-state index contributed by atoms with van der Waals surface area (Å²) >= 11 is 0. The Morgan fingerprint density at radius 3 is 2.22 bits per heavy atom. The van der Waals surface area contributed by atoms with Crippen molar-refractivity contribution in [1.82, 2.24) is 0 Å². The number of para-hydroxylation sites is 1. The summed E-state index contributed by atoms with van der Waals surface area (Å²) in [5.74, 6) is -0.832. The van der Waals surface area contributed by atoms with Crippen LogP contribution in [-0.2, 0) is 9.53 Å². The van der Waals surface area contributed by atoms with Crippen molar-refractivity contribution in [2.24, 2.45) is 0 Å². The molecule has 5 heteroatoms. The normalized spacial score (nSPS) is 10.4. The van der Waals surface area contributed by atoms with Gasteiger partial charge in [-0.2, -0.15) is 0 Å². The van der Waals surface area contributed by atoms with Gasteiger partial charge in [0, 0.05) is 11.7 Å². The lowest BCUT2D eigenvalue weighted by atomic mass is 10.2. The molecule has 0 aromatic heterocycles. The lowest BCUT2D eigenvalue weighted by Crippen LogP contribution is -2.39. The van der Waals surface area contributed by atoms with Crippen LogP contribution in [0.1, 0.15) is 24.2 Å². The highest BCUT2D eigenvalue weighted by Crippen LogP contribution is 2.17. The quantitative estimate of drug-likeness (QED) is 0.862. The van der Waals surface area contributed by atoms with E-state index in [1.807, 2.05) is 44.2 Å². The van der Waals surface area contributed by atoms with Crippen LogP contribution in [0.3, 0.4) is 0 Å². The van der Waals surface area contributed by atoms with Crippen LogP contribution in [0.4, 0.5) is 5.69 Å². The largest absolute Gasteiger partial charge is 0.508 e. The number of hydrogen-bond donors (Lipinski definition) is 1. The summed E-state index contributed by atoms with van der Waals surface area (Å²) in [7, 11) is 0. The highest BCUT2D eigenvalue weighted by Gasteiger charge is 2.20. The molecule has 0 aliphatic heterocycles. The van der Waals surface area contributed by atoms with Crippen molar-refractivity contribution in [3.63, 3.8) is 0 Å². The molecule has 2 aromatic carbocycles. The van der Waals surface area contributed by atoms with Crippen molar-refractivity contribution >= 4 is 17.6 Å². The summed E-state index contributed by atoms with van der Waals surface area (Å²) in [6, 6.07) is 14.8. The van der Waals surface area contributed by atoms with Gasteiger partial charge in [-0.15, -0.1) is 0 Å². The van der Waals surface area contributed by atoms with Crippen molar-refractivity contribution in [1.29, 1.82) is 0 Å². The van der Waals surface area contributed by atoms with Gasteiger partial charge in [0.15, 0.2) is 6.61 Å². The van der Waals surface area contributed by atoms with E-state index in [1.165, 1.54) is 24.3 Å². The topological polar surface area (TPSA) is 66.8 Å². The lowest BCUT2D eigenvalue weighted by Gasteiger charge is -2.26. The monoisotopic (exact) mass is 313 g/mol. The smallest absolute Gasteiger partial charge is 0.338 e. The maximum Gasteiger partial charge on any atom is 0.338 e. The van der Waals surface area contributed by atoms with Crippen LogP contribution in [0.5, 0.6) is 5.75 Å². The van der Waals surface area contributed by atoms with Crippen LogP contribution >= 0.6 is 0 Å². The van der Waals surface area contributed by atoms with E-state index in [1.54, 1.807) is 4.90 Å². The van der Waals surface area contributed by atoms with Crippen LogP contribution in [0.2, 0.25) is 0 Å². The van der Waals surface area contributed by atoms with Crippen LogP contribution < -0.4 is 4.90 Å². The molecule has 1 amide bonds. The standard InChI is InChI=1S/C18H19NO4/c1-13(2)19(15-6-4-3-5-7-15)17(21)12-23-18(22)14-8-10-16(20)11-9-14/h3-11,13,20H,12H2,1-2H3. The van der Waals surface area contributed by atoms with Crippen molar-refractivity contribution in [3.8, 4) is 5.75 Å². The SMILES string of the molecule is CC(C)N(C(=O)COC(=O)c1ccc(O)cc1)c1ccccc1. The predicted octanol–water partition coefficient (Wildman–Crippen LogP) is 2.99. The summed E-state index contributed by atoms with van der Waals surface area (Å²) in [6.07, 6.45) is 0. The van der Waals surface area contributed by atoms with Crippen LogP contribution in [-0.4, -0.2) is 29.6 Å². The third-order valence-electron chi connectivity index (χ3n) is 3.25. The molecule has 0 heterocycles. The second-order valence-corrected chi connectivity index (χ2v) is 5.32. The van der Waals surface area contributed by atoms with Crippen molar-refractivity contribution in [2.45, 2.75) is 19.9 Å². The van der Waals surface area contributed by atoms with E-state index in [2.05, 4.69) is 0 Å². The number of carbonyl (C=O) groups is 2. The number of esters is 1. The molecule has 1 N–H and O–H groups in total. The minimum absolute atomic E-state index is 0.0581. The zero-order chi connectivity index (χ0) is 16.8. The first kappa shape index (κ1) is 16.5. The molecule has 0 bridgehead atoms. The van der Waals surface area contributed by atoms with E-state index in [0.717, 1.165) is 5.69 Å². The maximum atomic E-state index is 12.4. The van der Waals surface area contributed by atoms with Gasteiger partial charge in [0.1, 0.15) is 5.75 Å². The Morgan fingerprint density at radius 1 is 1.04 bits per heavy atom. The minimum atomic E-state index is -0.602. The molecule has 0 saturated carbocycles. The summed E-state index contributed by atoms with van der Waals surface area (Å²) in [5, 5.41) is 9.20. The molecule has 2 rings (SSSR count). The first-order valence-electron chi connectivity index (χ1n) is 7.32. The first-order valence-corrected chi connectivity index (χ1v) is 7.32. The fourth-order valence-electron chi connectivity index (χ4n) is 2.20. The Labute approximate surface area is 135 Å². The van der Waals surface area contributed by atoms with Gasteiger partial charge in [0.05, 0.1) is 5.56 Å². The lowest BCUT2D eigenvalue weighted by molar-refractivity contribution is -0.122. The van der Waals surface area contributed by atoms with Crippen molar-refractivity contribution < 1.29 is 19.4 Å². The molecule has 0 aliphatic carbocycles. The fourth-order valence-corrected chi connectivity index (χ4v) is 2.20. The summed E-state index contributed by atoms with van der Waals surface area (Å²) < 4.78 is 5.07. The van der Waals surface area contributed by atoms with Gasteiger partial charge in [-0.1, -0.05) is 18.2 Å². The average Bonchev–Trinajstić information content (AvgIpc) is 2.54. The molecule has 0 fully saturated rings.